The quantitative estimate of drug-likeness (QED) is 0.806. The standard InChI is InChI=1S/C6H10N2S.C2HF3O2/c1-4-3-8-6(9-4)5(2)7;3-2(4,5)1(6)7/h3,5H,7H2,1-2H3;(H,6,7)/t5-;/m0./s1. The van der Waals surface area contributed by atoms with E-state index in [0.29, 0.717) is 0 Å². The number of aromatic nitrogens is 1. The fourth-order valence-electron chi connectivity index (χ4n) is 0.583. The lowest BCUT2D eigenvalue weighted by atomic mass is 10.4. The van der Waals surface area contributed by atoms with Crippen molar-refractivity contribution in [1.82, 2.24) is 4.98 Å². The Morgan fingerprint density at radius 3 is 2.19 bits per heavy atom. The summed E-state index contributed by atoms with van der Waals surface area (Å²) in [6.45, 7) is 3.97. The van der Waals surface area contributed by atoms with Gasteiger partial charge in [0.1, 0.15) is 5.01 Å². The van der Waals surface area contributed by atoms with Crippen LogP contribution < -0.4 is 5.73 Å². The highest BCUT2D eigenvalue weighted by molar-refractivity contribution is 7.11. The lowest BCUT2D eigenvalue weighted by molar-refractivity contribution is -0.192. The molecule has 0 amide bonds. The van der Waals surface area contributed by atoms with Crippen molar-refractivity contribution in [2.45, 2.75) is 26.1 Å². The summed E-state index contributed by atoms with van der Waals surface area (Å²) < 4.78 is 31.7. The van der Waals surface area contributed by atoms with Crippen LogP contribution in [0.4, 0.5) is 13.2 Å². The van der Waals surface area contributed by atoms with Crippen LogP contribution in [-0.4, -0.2) is 22.2 Å². The van der Waals surface area contributed by atoms with Crippen LogP contribution in [-0.2, 0) is 4.79 Å². The molecule has 0 fully saturated rings. The van der Waals surface area contributed by atoms with Crippen LogP contribution in [0.2, 0.25) is 0 Å². The van der Waals surface area contributed by atoms with Gasteiger partial charge < -0.3 is 10.8 Å². The van der Waals surface area contributed by atoms with E-state index < -0.39 is 12.1 Å². The highest BCUT2D eigenvalue weighted by Crippen LogP contribution is 2.16. The highest BCUT2D eigenvalue weighted by Gasteiger charge is 2.38. The Balaban J connectivity index is 0.000000293. The molecule has 0 bridgehead atoms. The first-order valence-electron chi connectivity index (χ1n) is 4.12. The van der Waals surface area contributed by atoms with Crippen molar-refractivity contribution in [2.75, 3.05) is 0 Å². The zero-order chi connectivity index (χ0) is 12.9. The maximum atomic E-state index is 10.6. The predicted molar refractivity (Wildman–Crippen MR) is 53.1 cm³/mol. The molecule has 92 valence electrons. The van der Waals surface area contributed by atoms with Crippen molar-refractivity contribution in [3.8, 4) is 0 Å². The summed E-state index contributed by atoms with van der Waals surface area (Å²) in [4.78, 5) is 14.2. The highest BCUT2D eigenvalue weighted by atomic mass is 32.1. The number of nitrogens with two attached hydrogens (primary N) is 1. The topological polar surface area (TPSA) is 76.2 Å². The minimum Gasteiger partial charge on any atom is -0.475 e. The molecule has 0 saturated heterocycles. The van der Waals surface area contributed by atoms with Crippen molar-refractivity contribution in [3.63, 3.8) is 0 Å². The third-order valence-electron chi connectivity index (χ3n) is 1.27. The Bertz CT molecular complexity index is 349. The third-order valence-corrected chi connectivity index (χ3v) is 2.38. The number of carboxylic acid groups (broad SMARTS) is 1. The van der Waals surface area contributed by atoms with E-state index in [1.165, 1.54) is 4.88 Å². The van der Waals surface area contributed by atoms with Crippen LogP contribution in [0, 0.1) is 6.92 Å². The summed E-state index contributed by atoms with van der Waals surface area (Å²) in [7, 11) is 0. The van der Waals surface area contributed by atoms with Gasteiger partial charge in [-0.2, -0.15) is 13.2 Å². The van der Waals surface area contributed by atoms with E-state index in [-0.39, 0.29) is 6.04 Å². The first-order valence-corrected chi connectivity index (χ1v) is 4.94. The van der Waals surface area contributed by atoms with Gasteiger partial charge in [0.15, 0.2) is 0 Å². The van der Waals surface area contributed by atoms with Crippen molar-refractivity contribution >= 4 is 17.3 Å². The SMILES string of the molecule is Cc1cnc([C@H](C)N)s1.O=C(O)C(F)(F)F. The van der Waals surface area contributed by atoms with Crippen molar-refractivity contribution in [1.29, 1.82) is 0 Å². The summed E-state index contributed by atoms with van der Waals surface area (Å²) in [6, 6.07) is 0.0868. The normalized spacial score (nSPS) is 12.6. The monoisotopic (exact) mass is 256 g/mol. The maximum absolute atomic E-state index is 10.6. The lowest BCUT2D eigenvalue weighted by Gasteiger charge is -1.95. The van der Waals surface area contributed by atoms with Crippen LogP contribution >= 0.6 is 11.3 Å². The van der Waals surface area contributed by atoms with E-state index >= 15 is 0 Å². The van der Waals surface area contributed by atoms with E-state index in [9.17, 15) is 13.2 Å². The zero-order valence-electron chi connectivity index (χ0n) is 8.58. The number of halogens is 3. The molecule has 16 heavy (non-hydrogen) atoms. The molecule has 4 nitrogen and oxygen atoms in total. The van der Waals surface area contributed by atoms with E-state index in [4.69, 9.17) is 15.6 Å². The number of nitrogens with zero attached hydrogens (tertiary/aromatic N) is 1. The summed E-state index contributed by atoms with van der Waals surface area (Å²) >= 11 is 1.66. The van der Waals surface area contributed by atoms with Crippen LogP contribution in [0.25, 0.3) is 0 Å². The van der Waals surface area contributed by atoms with Gasteiger partial charge in [0.2, 0.25) is 0 Å². The number of alkyl halides is 3. The smallest absolute Gasteiger partial charge is 0.475 e. The van der Waals surface area contributed by atoms with Crippen LogP contribution in [0.1, 0.15) is 22.9 Å². The van der Waals surface area contributed by atoms with Gasteiger partial charge in [-0.25, -0.2) is 9.78 Å². The molecule has 8 heteroatoms. The number of hydrogen-bond donors (Lipinski definition) is 2. The van der Waals surface area contributed by atoms with Gasteiger partial charge in [0.05, 0.1) is 6.04 Å². The number of thiazole rings is 1. The molecule has 0 saturated carbocycles. The molecule has 0 aliphatic rings. The minimum atomic E-state index is -5.08. The molecule has 0 radical (unpaired) electrons. The summed E-state index contributed by atoms with van der Waals surface area (Å²) in [5.74, 6) is -2.76. The number of aryl methyl sites for hydroxylation is 1. The largest absolute Gasteiger partial charge is 0.490 e. The molecule has 0 unspecified atom stereocenters. The number of carbonyl (C=O) groups is 1. The van der Waals surface area contributed by atoms with E-state index in [2.05, 4.69) is 4.98 Å². The van der Waals surface area contributed by atoms with E-state index in [0.717, 1.165) is 5.01 Å². The second kappa shape index (κ2) is 5.80. The predicted octanol–water partition coefficient (Wildman–Crippen LogP) is 2.10. The molecule has 1 atom stereocenters. The molecule has 0 spiro atoms. The number of carboxylic acids is 1. The molecule has 1 aromatic rings. The third kappa shape index (κ3) is 5.66. The van der Waals surface area contributed by atoms with Crippen LogP contribution in [0.5, 0.6) is 0 Å². The van der Waals surface area contributed by atoms with Crippen LogP contribution in [0.15, 0.2) is 6.20 Å². The number of rotatable bonds is 1. The Hall–Kier alpha value is -1.15. The molecule has 1 aromatic heterocycles. The Labute approximate surface area is 93.9 Å². The Morgan fingerprint density at radius 1 is 1.62 bits per heavy atom. The fourth-order valence-corrected chi connectivity index (χ4v) is 1.31. The number of aliphatic carboxylic acids is 1. The molecule has 0 aliphatic heterocycles. The minimum absolute atomic E-state index is 0.0868. The zero-order valence-corrected chi connectivity index (χ0v) is 9.39. The Morgan fingerprint density at radius 2 is 2.06 bits per heavy atom. The molecular formula is C8H11F3N2O2S. The van der Waals surface area contributed by atoms with Gasteiger partial charge in [-0.15, -0.1) is 11.3 Å². The average Bonchev–Trinajstić information content (AvgIpc) is 2.51. The van der Waals surface area contributed by atoms with Gasteiger partial charge in [0.25, 0.3) is 0 Å². The van der Waals surface area contributed by atoms with Gasteiger partial charge >= 0.3 is 12.1 Å². The van der Waals surface area contributed by atoms with Crippen molar-refractivity contribution < 1.29 is 23.1 Å². The fraction of sp³-hybridized carbons (Fsp3) is 0.500. The number of hydrogen-bond acceptors (Lipinski definition) is 4. The first kappa shape index (κ1) is 14.8. The van der Waals surface area contributed by atoms with Gasteiger partial charge in [-0.3, -0.25) is 0 Å². The van der Waals surface area contributed by atoms with Gasteiger partial charge in [-0.1, -0.05) is 0 Å². The van der Waals surface area contributed by atoms with E-state index in [1.807, 2.05) is 20.0 Å². The summed E-state index contributed by atoms with van der Waals surface area (Å²) in [5.41, 5.74) is 5.57. The maximum Gasteiger partial charge on any atom is 0.490 e. The molecule has 3 N–H and O–H groups in total. The van der Waals surface area contributed by atoms with Crippen molar-refractivity contribution in [3.05, 3.63) is 16.1 Å². The molecular weight excluding hydrogens is 245 g/mol. The molecule has 0 aliphatic carbocycles. The summed E-state index contributed by atoms with van der Waals surface area (Å²) in [5, 5.41) is 8.15. The lowest BCUT2D eigenvalue weighted by Crippen LogP contribution is -2.21. The first-order chi connectivity index (χ1) is 7.14. The average molecular weight is 256 g/mol. The van der Waals surface area contributed by atoms with Crippen LogP contribution in [0.3, 0.4) is 0 Å². The Kier molecular flexibility index (Phi) is 5.39. The van der Waals surface area contributed by atoms with Crippen molar-refractivity contribution in [2.24, 2.45) is 5.73 Å². The molecule has 0 aromatic carbocycles. The second-order valence-electron chi connectivity index (χ2n) is 2.90. The second-order valence-corrected chi connectivity index (χ2v) is 4.17. The molecule has 1 heterocycles. The summed E-state index contributed by atoms with van der Waals surface area (Å²) in [6.07, 6.45) is -3.23. The van der Waals surface area contributed by atoms with Gasteiger partial charge in [-0.05, 0) is 13.8 Å². The molecule has 1 rings (SSSR count). The van der Waals surface area contributed by atoms with E-state index in [1.54, 1.807) is 11.3 Å². The van der Waals surface area contributed by atoms with Gasteiger partial charge in [0, 0.05) is 11.1 Å².